The summed E-state index contributed by atoms with van der Waals surface area (Å²) in [5, 5.41) is 5.30. The molecule has 0 spiro atoms. The Bertz CT molecular complexity index is 756. The first kappa shape index (κ1) is 13.5. The highest BCUT2D eigenvalue weighted by atomic mass is 16.5. The minimum atomic E-state index is 0.243. The van der Waals surface area contributed by atoms with Gasteiger partial charge < -0.3 is 14.2 Å². The molecule has 1 aliphatic heterocycles. The summed E-state index contributed by atoms with van der Waals surface area (Å²) in [5.74, 6) is 1.41. The van der Waals surface area contributed by atoms with E-state index in [4.69, 9.17) is 9.26 Å². The molecule has 22 heavy (non-hydrogen) atoms. The molecule has 1 saturated heterocycles. The Morgan fingerprint density at radius 3 is 3.09 bits per heavy atom. The van der Waals surface area contributed by atoms with Gasteiger partial charge in [-0.2, -0.15) is 4.98 Å². The number of aromatic amines is 1. The van der Waals surface area contributed by atoms with Crippen molar-refractivity contribution < 1.29 is 9.26 Å². The van der Waals surface area contributed by atoms with Crippen LogP contribution in [0.15, 0.2) is 35.0 Å². The van der Waals surface area contributed by atoms with E-state index in [-0.39, 0.29) is 6.10 Å². The fraction of sp³-hybridized carbons (Fsp3) is 0.412. The number of nitrogens with one attached hydrogen (secondary N) is 1. The van der Waals surface area contributed by atoms with Crippen molar-refractivity contribution in [1.82, 2.24) is 15.1 Å². The maximum atomic E-state index is 5.73. The van der Waals surface area contributed by atoms with Crippen molar-refractivity contribution in [3.05, 3.63) is 47.7 Å². The summed E-state index contributed by atoms with van der Waals surface area (Å²) in [6.07, 6.45) is 7.14. The molecule has 1 atom stereocenters. The van der Waals surface area contributed by atoms with Gasteiger partial charge >= 0.3 is 0 Å². The second-order valence-corrected chi connectivity index (χ2v) is 5.83. The summed E-state index contributed by atoms with van der Waals surface area (Å²) in [5.41, 5.74) is 2.31. The Balaban J connectivity index is 1.47. The zero-order chi connectivity index (χ0) is 14.8. The molecule has 114 valence electrons. The van der Waals surface area contributed by atoms with Crippen LogP contribution in [-0.2, 0) is 17.6 Å². The molecule has 1 aromatic carbocycles. The number of H-pyrrole nitrogens is 1. The van der Waals surface area contributed by atoms with Crippen LogP contribution < -0.4 is 0 Å². The van der Waals surface area contributed by atoms with E-state index in [9.17, 15) is 0 Å². The first-order valence-corrected chi connectivity index (χ1v) is 7.86. The van der Waals surface area contributed by atoms with E-state index >= 15 is 0 Å². The fourth-order valence-electron chi connectivity index (χ4n) is 3.06. The van der Waals surface area contributed by atoms with Crippen LogP contribution in [0.25, 0.3) is 10.9 Å². The molecule has 0 bridgehead atoms. The molecule has 0 saturated carbocycles. The lowest BCUT2D eigenvalue weighted by molar-refractivity contribution is 0.0153. The summed E-state index contributed by atoms with van der Waals surface area (Å²) in [6, 6.07) is 8.24. The smallest absolute Gasteiger partial charge is 0.231 e. The predicted octanol–water partition coefficient (Wildman–Crippen LogP) is 3.25. The van der Waals surface area contributed by atoms with E-state index in [0.29, 0.717) is 12.3 Å². The van der Waals surface area contributed by atoms with Crippen LogP contribution in [0.5, 0.6) is 0 Å². The number of para-hydroxylation sites is 1. The monoisotopic (exact) mass is 297 g/mol. The molecule has 0 amide bonds. The largest absolute Gasteiger partial charge is 0.378 e. The van der Waals surface area contributed by atoms with E-state index in [2.05, 4.69) is 27.3 Å². The van der Waals surface area contributed by atoms with Gasteiger partial charge in [0.05, 0.1) is 12.5 Å². The lowest BCUT2D eigenvalue weighted by Crippen LogP contribution is -2.21. The Morgan fingerprint density at radius 2 is 2.18 bits per heavy atom. The number of nitrogens with zero attached hydrogens (tertiary/aromatic N) is 2. The Morgan fingerprint density at radius 1 is 1.23 bits per heavy atom. The molecular formula is C17H19N3O2. The topological polar surface area (TPSA) is 63.9 Å². The average Bonchev–Trinajstić information content (AvgIpc) is 3.17. The van der Waals surface area contributed by atoms with Gasteiger partial charge in [-0.05, 0) is 30.9 Å². The minimum Gasteiger partial charge on any atom is -0.378 e. The van der Waals surface area contributed by atoms with Crippen LogP contribution in [0.2, 0.25) is 0 Å². The van der Waals surface area contributed by atoms with Crippen molar-refractivity contribution in [2.75, 3.05) is 6.61 Å². The highest BCUT2D eigenvalue weighted by molar-refractivity contribution is 5.83. The molecule has 3 aromatic rings. The third-order valence-electron chi connectivity index (χ3n) is 4.21. The number of aromatic nitrogens is 3. The zero-order valence-electron chi connectivity index (χ0n) is 12.4. The van der Waals surface area contributed by atoms with E-state index in [1.165, 1.54) is 17.4 Å². The molecule has 5 nitrogen and oxygen atoms in total. The van der Waals surface area contributed by atoms with Gasteiger partial charge in [0.2, 0.25) is 5.89 Å². The van der Waals surface area contributed by atoms with E-state index in [1.54, 1.807) is 0 Å². The summed E-state index contributed by atoms with van der Waals surface area (Å²) in [4.78, 5) is 7.79. The fourth-order valence-corrected chi connectivity index (χ4v) is 3.06. The van der Waals surface area contributed by atoms with Gasteiger partial charge in [0, 0.05) is 30.1 Å². The van der Waals surface area contributed by atoms with Gasteiger partial charge in [-0.1, -0.05) is 23.4 Å². The molecule has 1 aliphatic rings. The number of hydrogen-bond acceptors (Lipinski definition) is 4. The summed E-state index contributed by atoms with van der Waals surface area (Å²) in [6.45, 7) is 0.852. The number of hydrogen-bond donors (Lipinski definition) is 1. The Kier molecular flexibility index (Phi) is 3.64. The molecule has 0 aliphatic carbocycles. The van der Waals surface area contributed by atoms with Gasteiger partial charge in [0.1, 0.15) is 0 Å². The quantitative estimate of drug-likeness (QED) is 0.803. The van der Waals surface area contributed by atoms with Crippen LogP contribution in [0.1, 0.15) is 36.5 Å². The molecule has 0 radical (unpaired) electrons. The van der Waals surface area contributed by atoms with E-state index in [0.717, 1.165) is 37.2 Å². The van der Waals surface area contributed by atoms with Gasteiger partial charge in [0.15, 0.2) is 5.82 Å². The van der Waals surface area contributed by atoms with E-state index in [1.807, 2.05) is 18.3 Å². The van der Waals surface area contributed by atoms with Gasteiger partial charge in [-0.15, -0.1) is 0 Å². The standard InChI is InChI=1S/C17H19N3O2/c1-2-7-15-14(6-1)12(11-18-15)9-17-19-16(20-22-17)10-13-5-3-4-8-21-13/h1-2,6-7,11,13,18H,3-5,8-10H2. The molecule has 4 rings (SSSR count). The minimum absolute atomic E-state index is 0.243. The van der Waals surface area contributed by atoms with Crippen molar-refractivity contribution in [3.8, 4) is 0 Å². The van der Waals surface area contributed by atoms with Crippen LogP contribution in [0, 0.1) is 0 Å². The number of ether oxygens (including phenoxy) is 1. The molecule has 3 heterocycles. The first-order valence-electron chi connectivity index (χ1n) is 7.86. The maximum Gasteiger partial charge on any atom is 0.231 e. The van der Waals surface area contributed by atoms with Crippen molar-refractivity contribution in [1.29, 1.82) is 0 Å². The van der Waals surface area contributed by atoms with Gasteiger partial charge in [-0.3, -0.25) is 0 Å². The van der Waals surface area contributed by atoms with Crippen molar-refractivity contribution in [3.63, 3.8) is 0 Å². The second kappa shape index (κ2) is 5.93. The predicted molar refractivity (Wildman–Crippen MR) is 82.7 cm³/mol. The second-order valence-electron chi connectivity index (χ2n) is 5.83. The average molecular weight is 297 g/mol. The third-order valence-corrected chi connectivity index (χ3v) is 4.21. The molecule has 2 aromatic heterocycles. The summed E-state index contributed by atoms with van der Waals surface area (Å²) >= 11 is 0. The Labute approximate surface area is 128 Å². The zero-order valence-corrected chi connectivity index (χ0v) is 12.4. The highest BCUT2D eigenvalue weighted by Gasteiger charge is 2.18. The number of benzene rings is 1. The highest BCUT2D eigenvalue weighted by Crippen LogP contribution is 2.21. The first-order chi connectivity index (χ1) is 10.9. The number of fused-ring (bicyclic) bond motifs is 1. The molecule has 1 unspecified atom stereocenters. The van der Waals surface area contributed by atoms with Crippen molar-refractivity contribution in [2.24, 2.45) is 0 Å². The summed E-state index contributed by atoms with van der Waals surface area (Å²) in [7, 11) is 0. The number of rotatable bonds is 4. The van der Waals surface area contributed by atoms with Crippen molar-refractivity contribution in [2.45, 2.75) is 38.2 Å². The lowest BCUT2D eigenvalue weighted by atomic mass is 10.1. The summed E-state index contributed by atoms with van der Waals surface area (Å²) < 4.78 is 11.1. The molecule has 1 fully saturated rings. The lowest BCUT2D eigenvalue weighted by Gasteiger charge is -2.20. The molecule has 5 heteroatoms. The van der Waals surface area contributed by atoms with Gasteiger partial charge in [-0.25, -0.2) is 0 Å². The normalized spacial score (nSPS) is 18.8. The Hall–Kier alpha value is -2.14. The van der Waals surface area contributed by atoms with Crippen molar-refractivity contribution >= 4 is 10.9 Å². The van der Waals surface area contributed by atoms with Crippen LogP contribution >= 0.6 is 0 Å². The maximum absolute atomic E-state index is 5.73. The van der Waals surface area contributed by atoms with Crippen LogP contribution in [0.4, 0.5) is 0 Å². The van der Waals surface area contributed by atoms with E-state index < -0.39 is 0 Å². The van der Waals surface area contributed by atoms with Crippen LogP contribution in [-0.4, -0.2) is 27.8 Å². The van der Waals surface area contributed by atoms with Gasteiger partial charge in [0.25, 0.3) is 0 Å². The SMILES string of the molecule is c1ccc2c(Cc3nc(CC4CCCCO4)no3)c[nH]c2c1. The third kappa shape index (κ3) is 2.76. The molecule has 1 N–H and O–H groups in total. The molecular weight excluding hydrogens is 278 g/mol. The van der Waals surface area contributed by atoms with Crippen LogP contribution in [0.3, 0.4) is 0 Å².